The molecule has 5 heteroatoms. The minimum atomic E-state index is -1.48. The molecule has 0 fully saturated rings. The minimum Gasteiger partial charge on any atom is -0.480 e. The zero-order valence-corrected chi connectivity index (χ0v) is 10.6. The summed E-state index contributed by atoms with van der Waals surface area (Å²) in [6.45, 7) is 3.41. The van der Waals surface area contributed by atoms with Crippen LogP contribution in [0.15, 0.2) is 18.2 Å². The topological polar surface area (TPSA) is 54.4 Å². The molecule has 2 atom stereocenters. The van der Waals surface area contributed by atoms with Gasteiger partial charge in [0.2, 0.25) is 0 Å². The fourth-order valence-corrected chi connectivity index (χ4v) is 2.98. The van der Waals surface area contributed by atoms with E-state index in [4.69, 9.17) is 5.11 Å². The Morgan fingerprint density at radius 2 is 2.18 bits per heavy atom. The van der Waals surface area contributed by atoms with Gasteiger partial charge in [-0.3, -0.25) is 9.00 Å². The Morgan fingerprint density at radius 3 is 2.65 bits per heavy atom. The predicted octanol–water partition coefficient (Wildman–Crippen LogP) is 2.25. The van der Waals surface area contributed by atoms with Gasteiger partial charge in [-0.05, 0) is 36.6 Å². The van der Waals surface area contributed by atoms with E-state index in [1.807, 2.05) is 0 Å². The summed E-state index contributed by atoms with van der Waals surface area (Å²) >= 11 is 0. The summed E-state index contributed by atoms with van der Waals surface area (Å²) in [5.41, 5.74) is 1.42. The lowest BCUT2D eigenvalue weighted by Gasteiger charge is -2.11. The maximum absolute atomic E-state index is 12.9. The smallest absolute Gasteiger partial charge is 0.319 e. The molecule has 94 valence electrons. The Hall–Kier alpha value is -1.23. The molecule has 0 bridgehead atoms. The molecule has 0 spiro atoms. The maximum atomic E-state index is 12.9. The summed E-state index contributed by atoms with van der Waals surface area (Å²) in [6.07, 6.45) is 0.322. The Balaban J connectivity index is 2.84. The van der Waals surface area contributed by atoms with Crippen molar-refractivity contribution in [2.24, 2.45) is 0 Å². The van der Waals surface area contributed by atoms with Crippen molar-refractivity contribution in [2.75, 3.05) is 0 Å². The molecule has 3 nitrogen and oxygen atoms in total. The van der Waals surface area contributed by atoms with E-state index < -0.39 is 22.0 Å². The molecule has 1 aromatic rings. The molecule has 0 aliphatic carbocycles. The lowest BCUT2D eigenvalue weighted by molar-refractivity contribution is -0.136. The first kappa shape index (κ1) is 13.8. The van der Waals surface area contributed by atoms with Crippen LogP contribution in [-0.4, -0.2) is 20.5 Å². The summed E-state index contributed by atoms with van der Waals surface area (Å²) in [6, 6.07) is 4.20. The number of carboxylic acids is 1. The van der Waals surface area contributed by atoms with Gasteiger partial charge in [0.05, 0.1) is 0 Å². The van der Waals surface area contributed by atoms with Crippen molar-refractivity contribution in [3.05, 3.63) is 35.1 Å². The molecule has 1 aromatic carbocycles. The van der Waals surface area contributed by atoms with Gasteiger partial charge >= 0.3 is 5.97 Å². The second-order valence-electron chi connectivity index (χ2n) is 3.83. The quantitative estimate of drug-likeness (QED) is 0.881. The van der Waals surface area contributed by atoms with Gasteiger partial charge < -0.3 is 5.11 Å². The average Bonchev–Trinajstić information content (AvgIpc) is 2.22. The molecule has 1 N–H and O–H groups in total. The number of hydrogen-bond donors (Lipinski definition) is 1. The molecule has 0 aliphatic rings. The first-order chi connectivity index (χ1) is 7.95. The van der Waals surface area contributed by atoms with Crippen molar-refractivity contribution < 1.29 is 18.5 Å². The molecule has 0 radical (unpaired) electrons. The number of carbonyl (C=O) groups is 1. The van der Waals surface area contributed by atoms with E-state index in [-0.39, 0.29) is 11.6 Å². The summed E-state index contributed by atoms with van der Waals surface area (Å²) < 4.78 is 24.7. The molecule has 0 saturated carbocycles. The summed E-state index contributed by atoms with van der Waals surface area (Å²) in [5, 5.41) is 8.02. The lowest BCUT2D eigenvalue weighted by Crippen LogP contribution is -2.25. The highest BCUT2D eigenvalue weighted by atomic mass is 32.2. The fraction of sp³-hybridized carbons (Fsp3) is 0.417. The first-order valence-electron chi connectivity index (χ1n) is 5.30. The van der Waals surface area contributed by atoms with Gasteiger partial charge in [0, 0.05) is 16.6 Å². The van der Waals surface area contributed by atoms with E-state index >= 15 is 0 Å². The van der Waals surface area contributed by atoms with Crippen molar-refractivity contribution in [3.63, 3.8) is 0 Å². The van der Waals surface area contributed by atoms with Crippen molar-refractivity contribution in [1.82, 2.24) is 0 Å². The van der Waals surface area contributed by atoms with E-state index in [0.717, 1.165) is 5.56 Å². The van der Waals surface area contributed by atoms with Crippen LogP contribution in [0.5, 0.6) is 0 Å². The average molecular weight is 258 g/mol. The third-order valence-electron chi connectivity index (χ3n) is 2.57. The van der Waals surface area contributed by atoms with Crippen molar-refractivity contribution >= 4 is 16.8 Å². The molecule has 0 aromatic heterocycles. The molecular weight excluding hydrogens is 243 g/mol. The highest BCUT2D eigenvalue weighted by Crippen LogP contribution is 2.15. The number of rotatable bonds is 5. The number of benzene rings is 1. The highest BCUT2D eigenvalue weighted by Gasteiger charge is 2.22. The molecule has 0 amide bonds. The predicted molar refractivity (Wildman–Crippen MR) is 64.7 cm³/mol. The zero-order valence-electron chi connectivity index (χ0n) is 9.77. The number of halogens is 1. The standard InChI is InChI=1S/C12H15FO3S/c1-3-11(12(14)15)17(16)7-9-4-5-10(13)6-8(9)2/h4-6,11H,3,7H2,1-2H3,(H,14,15). The monoisotopic (exact) mass is 258 g/mol. The number of carboxylic acid groups (broad SMARTS) is 1. The second-order valence-corrected chi connectivity index (χ2v) is 5.45. The van der Waals surface area contributed by atoms with E-state index in [0.29, 0.717) is 12.0 Å². The van der Waals surface area contributed by atoms with E-state index in [1.54, 1.807) is 19.9 Å². The molecular formula is C12H15FO3S. The largest absolute Gasteiger partial charge is 0.480 e. The first-order valence-corrected chi connectivity index (χ1v) is 6.69. The van der Waals surface area contributed by atoms with Crippen LogP contribution in [0.4, 0.5) is 4.39 Å². The zero-order chi connectivity index (χ0) is 13.0. The summed E-state index contributed by atoms with van der Waals surface area (Å²) in [4.78, 5) is 10.8. The maximum Gasteiger partial charge on any atom is 0.319 e. The van der Waals surface area contributed by atoms with Gasteiger partial charge in [0.1, 0.15) is 11.1 Å². The van der Waals surface area contributed by atoms with Crippen LogP contribution < -0.4 is 0 Å². The molecule has 2 unspecified atom stereocenters. The van der Waals surface area contributed by atoms with Gasteiger partial charge in [-0.15, -0.1) is 0 Å². The molecule has 0 saturated heterocycles. The summed E-state index contributed by atoms with van der Waals surface area (Å²) in [7, 11) is -1.48. The fourth-order valence-electron chi connectivity index (χ4n) is 1.55. The van der Waals surface area contributed by atoms with Gasteiger partial charge in [-0.25, -0.2) is 4.39 Å². The van der Waals surface area contributed by atoms with Crippen molar-refractivity contribution in [2.45, 2.75) is 31.3 Å². The number of hydrogen-bond acceptors (Lipinski definition) is 2. The molecule has 0 aliphatic heterocycles. The normalized spacial score (nSPS) is 14.3. The van der Waals surface area contributed by atoms with Gasteiger partial charge in [0.15, 0.2) is 0 Å². The van der Waals surface area contributed by atoms with E-state index in [2.05, 4.69) is 0 Å². The highest BCUT2D eigenvalue weighted by molar-refractivity contribution is 7.85. The Labute approximate surface area is 102 Å². The lowest BCUT2D eigenvalue weighted by atomic mass is 10.1. The number of aliphatic carboxylic acids is 1. The Morgan fingerprint density at radius 1 is 1.53 bits per heavy atom. The Kier molecular flexibility index (Phi) is 4.81. The van der Waals surface area contributed by atoms with Crippen LogP contribution >= 0.6 is 0 Å². The van der Waals surface area contributed by atoms with Crippen LogP contribution in [0, 0.1) is 12.7 Å². The van der Waals surface area contributed by atoms with Crippen LogP contribution in [0.25, 0.3) is 0 Å². The number of aryl methyl sites for hydroxylation is 1. The second kappa shape index (κ2) is 5.91. The molecule has 1 rings (SSSR count). The van der Waals surface area contributed by atoms with E-state index in [9.17, 15) is 13.4 Å². The van der Waals surface area contributed by atoms with Crippen LogP contribution in [0.3, 0.4) is 0 Å². The van der Waals surface area contributed by atoms with Gasteiger partial charge in [-0.1, -0.05) is 13.0 Å². The van der Waals surface area contributed by atoms with Gasteiger partial charge in [-0.2, -0.15) is 0 Å². The van der Waals surface area contributed by atoms with Crippen LogP contribution in [-0.2, 0) is 21.3 Å². The van der Waals surface area contributed by atoms with E-state index in [1.165, 1.54) is 12.1 Å². The third kappa shape index (κ3) is 3.63. The van der Waals surface area contributed by atoms with Gasteiger partial charge in [0.25, 0.3) is 0 Å². The third-order valence-corrected chi connectivity index (χ3v) is 4.33. The molecule has 17 heavy (non-hydrogen) atoms. The van der Waals surface area contributed by atoms with Crippen molar-refractivity contribution in [3.8, 4) is 0 Å². The summed E-state index contributed by atoms with van der Waals surface area (Å²) in [5.74, 6) is -1.25. The minimum absolute atomic E-state index is 0.150. The molecule has 0 heterocycles. The van der Waals surface area contributed by atoms with Crippen molar-refractivity contribution in [1.29, 1.82) is 0 Å². The SMILES string of the molecule is CCC(C(=O)O)S(=O)Cc1ccc(F)cc1C. The van der Waals surface area contributed by atoms with Crippen LogP contribution in [0.1, 0.15) is 24.5 Å². The van der Waals surface area contributed by atoms with Crippen LogP contribution in [0.2, 0.25) is 0 Å². The Bertz CT molecular complexity index is 445.